The summed E-state index contributed by atoms with van der Waals surface area (Å²) < 4.78 is 26.5. The van der Waals surface area contributed by atoms with E-state index in [9.17, 15) is 8.42 Å². The fourth-order valence-electron chi connectivity index (χ4n) is 2.76. The van der Waals surface area contributed by atoms with Crippen molar-refractivity contribution in [3.05, 3.63) is 54.8 Å². The van der Waals surface area contributed by atoms with E-state index in [1.54, 1.807) is 18.3 Å². The van der Waals surface area contributed by atoms with E-state index in [0.717, 1.165) is 5.56 Å². The van der Waals surface area contributed by atoms with Gasteiger partial charge < -0.3 is 0 Å². The van der Waals surface area contributed by atoms with Gasteiger partial charge in [0, 0.05) is 12.7 Å². The molecule has 1 aromatic rings. The largest absolute Gasteiger partial charge is 0.273 e. The molecule has 1 heterocycles. The van der Waals surface area contributed by atoms with Crippen LogP contribution in [0.1, 0.15) is 5.56 Å². The Hall–Kier alpha value is -1.55. The van der Waals surface area contributed by atoms with Crippen molar-refractivity contribution in [1.29, 1.82) is 0 Å². The second-order valence-corrected chi connectivity index (χ2v) is 7.17. The Balaban J connectivity index is 1.86. The summed E-state index contributed by atoms with van der Waals surface area (Å²) in [5, 5.41) is 0. The summed E-state index contributed by atoms with van der Waals surface area (Å²) in [5.74, 6) is 1.33. The number of benzene rings is 1. The molecule has 3 atom stereocenters. The predicted molar refractivity (Wildman–Crippen MR) is 74.9 cm³/mol. The van der Waals surface area contributed by atoms with Gasteiger partial charge in [-0.2, -0.15) is 0 Å². The highest BCUT2D eigenvalue weighted by atomic mass is 32.2. The highest BCUT2D eigenvalue weighted by molar-refractivity contribution is 7.89. The van der Waals surface area contributed by atoms with Crippen LogP contribution in [0, 0.1) is 24.7 Å². The molecular weight excluding hydrogens is 258 g/mol. The van der Waals surface area contributed by atoms with Crippen molar-refractivity contribution in [3.8, 4) is 0 Å². The highest BCUT2D eigenvalue weighted by Gasteiger charge is 2.50. The van der Waals surface area contributed by atoms with Gasteiger partial charge in [0.05, 0.1) is 4.90 Å². The van der Waals surface area contributed by atoms with Gasteiger partial charge in [-0.3, -0.25) is 4.31 Å². The molecule has 0 N–H and O–H groups in total. The van der Waals surface area contributed by atoms with Gasteiger partial charge in [-0.25, -0.2) is 8.42 Å². The number of nitrogens with zero attached hydrogens (tertiary/aromatic N) is 1. The van der Waals surface area contributed by atoms with Gasteiger partial charge in [-0.05, 0) is 36.8 Å². The molecule has 1 saturated carbocycles. The molecule has 0 unspecified atom stereocenters. The van der Waals surface area contributed by atoms with Gasteiger partial charge in [-0.1, -0.05) is 29.8 Å². The first-order valence-electron chi connectivity index (χ1n) is 6.43. The van der Waals surface area contributed by atoms with E-state index >= 15 is 0 Å². The summed E-state index contributed by atoms with van der Waals surface area (Å²) in [6.45, 7) is 6.31. The van der Waals surface area contributed by atoms with E-state index in [2.05, 4.69) is 6.58 Å². The van der Waals surface area contributed by atoms with Gasteiger partial charge in [0.15, 0.2) is 0 Å². The first kappa shape index (κ1) is 12.5. The third-order valence-corrected chi connectivity index (χ3v) is 5.81. The Bertz CT molecular complexity index is 631. The lowest BCUT2D eigenvalue weighted by Crippen LogP contribution is -2.30. The monoisotopic (exact) mass is 275 g/mol. The summed E-state index contributed by atoms with van der Waals surface area (Å²) in [6.07, 6.45) is 5.63. The van der Waals surface area contributed by atoms with Gasteiger partial charge in [0.1, 0.15) is 0 Å². The molecule has 2 aliphatic rings. The van der Waals surface area contributed by atoms with Crippen molar-refractivity contribution in [2.24, 2.45) is 17.8 Å². The first-order chi connectivity index (χ1) is 9.04. The zero-order valence-electron chi connectivity index (χ0n) is 10.9. The minimum Gasteiger partial charge on any atom is -0.273 e. The average Bonchev–Trinajstić information content (AvgIpc) is 3.11. The summed E-state index contributed by atoms with van der Waals surface area (Å²) in [4.78, 5) is 0.358. The van der Waals surface area contributed by atoms with Gasteiger partial charge in [0.25, 0.3) is 10.0 Å². The molecule has 0 bridgehead atoms. The topological polar surface area (TPSA) is 37.4 Å². The van der Waals surface area contributed by atoms with Crippen LogP contribution in [0.2, 0.25) is 0 Å². The molecule has 0 amide bonds. The van der Waals surface area contributed by atoms with Gasteiger partial charge >= 0.3 is 0 Å². The van der Waals surface area contributed by atoms with Gasteiger partial charge in [-0.15, -0.1) is 6.58 Å². The van der Waals surface area contributed by atoms with Crippen LogP contribution in [-0.4, -0.2) is 19.3 Å². The third-order valence-electron chi connectivity index (χ3n) is 4.06. The van der Waals surface area contributed by atoms with Crippen LogP contribution in [0.3, 0.4) is 0 Å². The van der Waals surface area contributed by atoms with E-state index in [-0.39, 0.29) is 0 Å². The molecule has 1 aromatic carbocycles. The normalized spacial score (nSPS) is 28.9. The third kappa shape index (κ3) is 2.00. The maximum absolute atomic E-state index is 12.5. The smallest absolute Gasteiger partial charge is 0.263 e. The molecule has 0 saturated heterocycles. The van der Waals surface area contributed by atoms with Crippen molar-refractivity contribution in [2.75, 3.05) is 6.54 Å². The molecular formula is C15H17NO2S. The lowest BCUT2D eigenvalue weighted by Gasteiger charge is -2.22. The summed E-state index contributed by atoms with van der Waals surface area (Å²) in [6, 6.07) is 6.99. The van der Waals surface area contributed by atoms with Crippen molar-refractivity contribution in [2.45, 2.75) is 11.8 Å². The minimum atomic E-state index is -3.40. The summed E-state index contributed by atoms with van der Waals surface area (Å²) in [7, 11) is -3.40. The molecule has 3 rings (SSSR count). The second kappa shape index (κ2) is 4.23. The Morgan fingerprint density at radius 3 is 2.63 bits per heavy atom. The predicted octanol–water partition coefficient (Wildman–Crippen LogP) is 2.56. The maximum Gasteiger partial charge on any atom is 0.263 e. The minimum absolute atomic E-state index is 0.358. The maximum atomic E-state index is 12.5. The number of hydrogen-bond acceptors (Lipinski definition) is 2. The fourth-order valence-corrected chi connectivity index (χ4v) is 4.11. The number of fused-ring (bicyclic) bond motifs is 1. The molecule has 3 nitrogen and oxygen atoms in total. The molecule has 100 valence electrons. The van der Waals surface area contributed by atoms with Crippen molar-refractivity contribution < 1.29 is 8.42 Å². The zero-order chi connectivity index (χ0) is 13.6. The lowest BCUT2D eigenvalue weighted by molar-refractivity contribution is 0.459. The van der Waals surface area contributed by atoms with E-state index in [1.165, 1.54) is 4.31 Å². The Morgan fingerprint density at radius 2 is 2.00 bits per heavy atom. The van der Waals surface area contributed by atoms with Crippen LogP contribution in [0.25, 0.3) is 0 Å². The molecule has 1 fully saturated rings. The van der Waals surface area contributed by atoms with Crippen molar-refractivity contribution >= 4 is 10.0 Å². The number of rotatable bonds is 3. The Kier molecular flexibility index (Phi) is 2.78. The SMILES string of the molecule is C=C[C@H]1[C@@H]2C=CN(S(=O)(=O)c3ccc(C)cc3)C[C@H]12. The molecule has 0 spiro atoms. The van der Waals surface area contributed by atoms with E-state index in [0.29, 0.717) is 29.2 Å². The van der Waals surface area contributed by atoms with E-state index < -0.39 is 10.0 Å². The molecule has 1 aliphatic carbocycles. The van der Waals surface area contributed by atoms with Crippen LogP contribution < -0.4 is 0 Å². The van der Waals surface area contributed by atoms with Crippen LogP contribution in [-0.2, 0) is 10.0 Å². The van der Waals surface area contributed by atoms with Crippen LogP contribution >= 0.6 is 0 Å². The van der Waals surface area contributed by atoms with E-state index in [4.69, 9.17) is 0 Å². The first-order valence-corrected chi connectivity index (χ1v) is 7.87. The van der Waals surface area contributed by atoms with Crippen molar-refractivity contribution in [1.82, 2.24) is 4.31 Å². The highest BCUT2D eigenvalue weighted by Crippen LogP contribution is 2.51. The number of hydrogen-bond donors (Lipinski definition) is 0. The van der Waals surface area contributed by atoms with Gasteiger partial charge in [0.2, 0.25) is 0 Å². The van der Waals surface area contributed by atoms with Crippen LogP contribution in [0.4, 0.5) is 0 Å². The lowest BCUT2D eigenvalue weighted by atomic mass is 10.2. The summed E-state index contributed by atoms with van der Waals surface area (Å²) >= 11 is 0. The number of aryl methyl sites for hydroxylation is 1. The second-order valence-electron chi connectivity index (χ2n) is 5.28. The Labute approximate surface area is 114 Å². The summed E-state index contributed by atoms with van der Waals surface area (Å²) in [5.41, 5.74) is 1.06. The molecule has 19 heavy (non-hydrogen) atoms. The average molecular weight is 275 g/mol. The molecule has 4 heteroatoms. The zero-order valence-corrected chi connectivity index (χ0v) is 11.7. The van der Waals surface area contributed by atoms with Crippen molar-refractivity contribution in [3.63, 3.8) is 0 Å². The Morgan fingerprint density at radius 1 is 1.32 bits per heavy atom. The standard InChI is InChI=1S/C15H17NO2S/c1-3-13-14-8-9-16(10-15(13)14)19(17,18)12-6-4-11(2)5-7-12/h3-9,13-15H,1,10H2,2H3/t13-,14-,15+/m0/s1. The number of sulfonamides is 1. The van der Waals surface area contributed by atoms with Crippen LogP contribution in [0.15, 0.2) is 54.1 Å². The molecule has 0 aromatic heterocycles. The van der Waals surface area contributed by atoms with Crippen LogP contribution in [0.5, 0.6) is 0 Å². The molecule has 1 aliphatic heterocycles. The quantitative estimate of drug-likeness (QED) is 0.795. The van der Waals surface area contributed by atoms with E-state index in [1.807, 2.05) is 31.2 Å². The molecule has 0 radical (unpaired) electrons. The number of allylic oxidation sites excluding steroid dienone is 2. The fraction of sp³-hybridized carbons (Fsp3) is 0.333.